The van der Waals surface area contributed by atoms with E-state index in [0.29, 0.717) is 5.82 Å². The Balaban J connectivity index is 1.46. The summed E-state index contributed by atoms with van der Waals surface area (Å²) in [5.74, 6) is 0.716. The summed E-state index contributed by atoms with van der Waals surface area (Å²) in [4.78, 5) is 9.37. The molecule has 0 aliphatic rings. The van der Waals surface area contributed by atoms with Crippen LogP contribution in [0.2, 0.25) is 0 Å². The number of fused-ring (bicyclic) bond motifs is 3. The normalized spacial score (nSPS) is 11.7. The molecule has 0 fully saturated rings. The van der Waals surface area contributed by atoms with E-state index in [-0.39, 0.29) is 0 Å². The van der Waals surface area contributed by atoms with Crippen molar-refractivity contribution in [2.45, 2.75) is 0 Å². The molecule has 0 aliphatic carbocycles. The molecule has 0 aliphatic heterocycles. The standard InChI is InChI=1S/C20H11N4OS2/c1-2-4-16-14(3-1)11-24(25-16)19-8-15-18(10-21-19)26-20(23-15)12-5-6-13-9-22-27-17(13)7-12/h1-11H/q+1. The zero-order valence-electron chi connectivity index (χ0n) is 13.9. The molecule has 5 nitrogen and oxygen atoms in total. The second kappa shape index (κ2) is 5.67. The number of aromatic nitrogens is 4. The number of rotatable bonds is 2. The molecule has 0 spiro atoms. The van der Waals surface area contributed by atoms with E-state index < -0.39 is 0 Å². The fraction of sp³-hybridized carbons (Fsp3) is 0. The highest BCUT2D eigenvalue weighted by Crippen LogP contribution is 2.32. The third-order valence-electron chi connectivity index (χ3n) is 4.46. The zero-order chi connectivity index (χ0) is 17.8. The maximum absolute atomic E-state index is 5.86. The highest BCUT2D eigenvalue weighted by atomic mass is 32.1. The first-order valence-corrected chi connectivity index (χ1v) is 9.95. The average Bonchev–Trinajstić information content (AvgIpc) is 3.42. The van der Waals surface area contributed by atoms with E-state index in [2.05, 4.69) is 27.6 Å². The summed E-state index contributed by atoms with van der Waals surface area (Å²) in [6.07, 6.45) is 5.69. The average molecular weight is 387 g/mol. The third-order valence-corrected chi connectivity index (χ3v) is 6.28. The van der Waals surface area contributed by atoms with E-state index in [1.165, 1.54) is 16.2 Å². The van der Waals surface area contributed by atoms with E-state index in [9.17, 15) is 0 Å². The van der Waals surface area contributed by atoms with Crippen LogP contribution in [0.1, 0.15) is 0 Å². The van der Waals surface area contributed by atoms with Gasteiger partial charge in [-0.25, -0.2) is 4.98 Å². The zero-order valence-corrected chi connectivity index (χ0v) is 15.5. The molecule has 6 aromatic rings. The molecule has 0 bridgehead atoms. The number of nitrogens with zero attached hydrogens (tertiary/aromatic N) is 4. The first kappa shape index (κ1) is 15.0. The minimum atomic E-state index is 0.716. The molecule has 0 atom stereocenters. The Morgan fingerprint density at radius 3 is 2.85 bits per heavy atom. The molecule has 0 unspecified atom stereocenters. The van der Waals surface area contributed by atoms with Crippen LogP contribution in [0.15, 0.2) is 71.6 Å². The van der Waals surface area contributed by atoms with Gasteiger partial charge in [-0.2, -0.15) is 4.37 Å². The molecule has 7 heteroatoms. The predicted molar refractivity (Wildman–Crippen MR) is 107 cm³/mol. The van der Waals surface area contributed by atoms with Crippen LogP contribution in [0.4, 0.5) is 0 Å². The van der Waals surface area contributed by atoms with Crippen molar-refractivity contribution in [1.29, 1.82) is 0 Å². The summed E-state index contributed by atoms with van der Waals surface area (Å²) in [6, 6.07) is 16.2. The molecule has 27 heavy (non-hydrogen) atoms. The molecular weight excluding hydrogens is 376 g/mol. The van der Waals surface area contributed by atoms with E-state index in [1.54, 1.807) is 16.1 Å². The van der Waals surface area contributed by atoms with Gasteiger partial charge in [-0.15, -0.1) is 11.3 Å². The quantitative estimate of drug-likeness (QED) is 0.393. The Kier molecular flexibility index (Phi) is 3.14. The van der Waals surface area contributed by atoms with Crippen LogP contribution in [0.5, 0.6) is 0 Å². The summed E-state index contributed by atoms with van der Waals surface area (Å²) >= 11 is 3.14. The fourth-order valence-electron chi connectivity index (χ4n) is 3.10. The molecular formula is C20H11N4OS2+. The lowest BCUT2D eigenvalue weighted by Crippen LogP contribution is -2.27. The first-order chi connectivity index (χ1) is 13.3. The number of benzene rings is 2. The maximum Gasteiger partial charge on any atom is 0.364 e. The Bertz CT molecular complexity index is 1410. The van der Waals surface area contributed by atoms with Gasteiger partial charge in [0.15, 0.2) is 11.8 Å². The smallest absolute Gasteiger partial charge is 0.295 e. The van der Waals surface area contributed by atoms with Crippen LogP contribution in [0, 0.1) is 0 Å². The molecule has 0 N–H and O–H groups in total. The minimum absolute atomic E-state index is 0.716. The Morgan fingerprint density at radius 2 is 1.89 bits per heavy atom. The molecule has 6 rings (SSSR count). The van der Waals surface area contributed by atoms with Gasteiger partial charge in [-0.05, 0) is 39.5 Å². The molecule has 0 amide bonds. The molecule has 0 saturated heterocycles. The number of hydrogen-bond acceptors (Lipinski definition) is 6. The van der Waals surface area contributed by atoms with Gasteiger partial charge in [-0.1, -0.05) is 24.3 Å². The maximum atomic E-state index is 5.86. The molecule has 2 aromatic carbocycles. The summed E-state index contributed by atoms with van der Waals surface area (Å²) in [6.45, 7) is 0. The second-order valence-corrected chi connectivity index (χ2v) is 8.06. The van der Waals surface area contributed by atoms with Crippen molar-refractivity contribution < 1.29 is 9.26 Å². The van der Waals surface area contributed by atoms with Crippen LogP contribution in [0.3, 0.4) is 0 Å². The van der Waals surface area contributed by atoms with E-state index in [0.717, 1.165) is 37.1 Å². The minimum Gasteiger partial charge on any atom is -0.295 e. The van der Waals surface area contributed by atoms with Crippen molar-refractivity contribution in [1.82, 2.24) is 14.3 Å². The third kappa shape index (κ3) is 2.43. The molecule has 4 heterocycles. The van der Waals surface area contributed by atoms with Crippen LogP contribution >= 0.6 is 22.9 Å². The summed E-state index contributed by atoms with van der Waals surface area (Å²) in [5.41, 5.74) is 2.85. The summed E-state index contributed by atoms with van der Waals surface area (Å²) in [7, 11) is 0. The van der Waals surface area contributed by atoms with Gasteiger partial charge in [0.05, 0.1) is 26.4 Å². The SMILES string of the molecule is c1ccc2o[n+](-c3cc4nc(-c5ccc6cnsc6c5)sc4cn3)cc2c1. The largest absolute Gasteiger partial charge is 0.364 e. The van der Waals surface area contributed by atoms with Crippen molar-refractivity contribution in [3.05, 3.63) is 67.1 Å². The topological polar surface area (TPSA) is 55.7 Å². The van der Waals surface area contributed by atoms with E-state index in [1.807, 2.05) is 48.9 Å². The lowest BCUT2D eigenvalue weighted by molar-refractivity contribution is -0.782. The number of thiazole rings is 1. The van der Waals surface area contributed by atoms with Gasteiger partial charge in [0, 0.05) is 17.1 Å². The number of hydrogen-bond donors (Lipinski definition) is 0. The van der Waals surface area contributed by atoms with Crippen LogP contribution in [0.25, 0.3) is 47.7 Å². The lowest BCUT2D eigenvalue weighted by Gasteiger charge is -1.95. The van der Waals surface area contributed by atoms with Crippen LogP contribution < -0.4 is 4.74 Å². The van der Waals surface area contributed by atoms with Crippen molar-refractivity contribution in [3.63, 3.8) is 0 Å². The van der Waals surface area contributed by atoms with Crippen molar-refractivity contribution in [3.8, 4) is 16.4 Å². The monoisotopic (exact) mass is 387 g/mol. The predicted octanol–water partition coefficient (Wildman–Crippen LogP) is 4.99. The Hall–Kier alpha value is -3.16. The highest BCUT2D eigenvalue weighted by molar-refractivity contribution is 7.21. The van der Waals surface area contributed by atoms with Gasteiger partial charge < -0.3 is 0 Å². The van der Waals surface area contributed by atoms with Crippen LogP contribution in [-0.2, 0) is 0 Å². The molecule has 0 radical (unpaired) electrons. The number of pyridine rings is 1. The van der Waals surface area contributed by atoms with Crippen LogP contribution in [-0.4, -0.2) is 14.3 Å². The van der Waals surface area contributed by atoms with Gasteiger partial charge in [-0.3, -0.25) is 4.52 Å². The fourth-order valence-corrected chi connectivity index (χ4v) is 4.70. The van der Waals surface area contributed by atoms with Crippen molar-refractivity contribution >= 4 is 54.1 Å². The van der Waals surface area contributed by atoms with Crippen molar-refractivity contribution in [2.75, 3.05) is 0 Å². The number of para-hydroxylation sites is 1. The summed E-state index contributed by atoms with van der Waals surface area (Å²) in [5, 5.41) is 3.18. The lowest BCUT2D eigenvalue weighted by atomic mass is 10.2. The van der Waals surface area contributed by atoms with E-state index >= 15 is 0 Å². The van der Waals surface area contributed by atoms with Gasteiger partial charge in [0.25, 0.3) is 0 Å². The van der Waals surface area contributed by atoms with Gasteiger partial charge >= 0.3 is 5.82 Å². The molecule has 128 valence electrons. The Morgan fingerprint density at radius 1 is 0.926 bits per heavy atom. The van der Waals surface area contributed by atoms with Gasteiger partial charge in [0.1, 0.15) is 11.2 Å². The highest BCUT2D eigenvalue weighted by Gasteiger charge is 2.17. The van der Waals surface area contributed by atoms with Crippen molar-refractivity contribution in [2.24, 2.45) is 0 Å². The first-order valence-electron chi connectivity index (χ1n) is 8.36. The molecule has 4 aromatic heterocycles. The second-order valence-electron chi connectivity index (χ2n) is 6.19. The molecule has 0 saturated carbocycles. The Labute approximate surface area is 161 Å². The summed E-state index contributed by atoms with van der Waals surface area (Å²) < 4.78 is 14.0. The van der Waals surface area contributed by atoms with E-state index in [4.69, 9.17) is 9.51 Å². The van der Waals surface area contributed by atoms with Gasteiger partial charge in [0.2, 0.25) is 0 Å².